The summed E-state index contributed by atoms with van der Waals surface area (Å²) < 4.78 is 31.2. The van der Waals surface area contributed by atoms with Gasteiger partial charge in [-0.3, -0.25) is 4.31 Å². The minimum Gasteiger partial charge on any atom is -0.482 e. The van der Waals surface area contributed by atoms with E-state index < -0.39 is 28.7 Å². The summed E-state index contributed by atoms with van der Waals surface area (Å²) in [4.78, 5) is 10.7. The normalized spacial score (nSPS) is 17.3. The molecule has 0 bridgehead atoms. The molecule has 3 rings (SSSR count). The second-order valence-electron chi connectivity index (χ2n) is 7.15. The summed E-state index contributed by atoms with van der Waals surface area (Å²) in [5, 5.41) is 23.0. The number of anilines is 1. The molecule has 0 fully saturated rings. The first-order chi connectivity index (χ1) is 14.1. The molecule has 8 nitrogen and oxygen atoms in total. The number of halogens is 1. The number of carboxylic acid groups (broad SMARTS) is 1. The first-order valence-electron chi connectivity index (χ1n) is 9.25. The van der Waals surface area contributed by atoms with Crippen molar-refractivity contribution >= 4 is 33.3 Å². The van der Waals surface area contributed by atoms with Gasteiger partial charge in [-0.15, -0.1) is 0 Å². The molecule has 1 heterocycles. The molecular formula is C20H23ClN2O6S. The summed E-state index contributed by atoms with van der Waals surface area (Å²) in [6.07, 6.45) is 0.824. The van der Waals surface area contributed by atoms with Crippen LogP contribution >= 0.6 is 11.6 Å². The van der Waals surface area contributed by atoms with Gasteiger partial charge in [-0.05, 0) is 47.9 Å². The largest absolute Gasteiger partial charge is 0.482 e. The summed E-state index contributed by atoms with van der Waals surface area (Å²) in [6, 6.07) is 11.5. The lowest BCUT2D eigenvalue weighted by molar-refractivity contribution is -0.139. The molecule has 2 atom stereocenters. The molecule has 162 valence electrons. The predicted octanol–water partition coefficient (Wildman–Crippen LogP) is 1.82. The van der Waals surface area contributed by atoms with E-state index in [-0.39, 0.29) is 19.1 Å². The van der Waals surface area contributed by atoms with Crippen LogP contribution < -0.4 is 14.4 Å². The molecule has 0 aliphatic carbocycles. The first kappa shape index (κ1) is 22.4. The Morgan fingerprint density at radius 2 is 2.10 bits per heavy atom. The van der Waals surface area contributed by atoms with E-state index in [0.29, 0.717) is 34.0 Å². The highest BCUT2D eigenvalue weighted by molar-refractivity contribution is 7.92. The summed E-state index contributed by atoms with van der Waals surface area (Å²) in [5.74, 6) is -0.746. The number of ether oxygens (including phenoxy) is 1. The lowest BCUT2D eigenvalue weighted by Gasteiger charge is -2.35. The van der Waals surface area contributed by atoms with E-state index in [1.165, 1.54) is 4.31 Å². The number of nitrogens with one attached hydrogen (secondary N) is 1. The van der Waals surface area contributed by atoms with Crippen LogP contribution in [0, 0.1) is 0 Å². The van der Waals surface area contributed by atoms with Gasteiger partial charge in [-0.2, -0.15) is 0 Å². The van der Waals surface area contributed by atoms with Crippen LogP contribution in [0.1, 0.15) is 17.2 Å². The second kappa shape index (κ2) is 9.22. The van der Waals surface area contributed by atoms with Gasteiger partial charge >= 0.3 is 5.97 Å². The van der Waals surface area contributed by atoms with Crippen LogP contribution in [-0.2, 0) is 21.2 Å². The van der Waals surface area contributed by atoms with Crippen LogP contribution in [0.2, 0.25) is 5.02 Å². The fraction of sp³-hybridized carbons (Fsp3) is 0.350. The van der Waals surface area contributed by atoms with Crippen LogP contribution in [-0.4, -0.2) is 56.6 Å². The number of nitrogens with zero attached hydrogens (tertiary/aromatic N) is 1. The Bertz CT molecular complexity index is 1030. The van der Waals surface area contributed by atoms with Crippen molar-refractivity contribution in [2.45, 2.75) is 18.6 Å². The van der Waals surface area contributed by atoms with Crippen molar-refractivity contribution < 1.29 is 28.2 Å². The minimum absolute atomic E-state index is 0.212. The maximum absolute atomic E-state index is 12.3. The van der Waals surface area contributed by atoms with Crippen molar-refractivity contribution in [2.24, 2.45) is 0 Å². The molecule has 2 aromatic carbocycles. The fourth-order valence-corrected chi connectivity index (χ4v) is 4.58. The molecule has 0 aromatic heterocycles. The third kappa shape index (κ3) is 5.63. The fourth-order valence-electron chi connectivity index (χ4n) is 3.39. The number of benzene rings is 2. The molecule has 0 radical (unpaired) electrons. The zero-order chi connectivity index (χ0) is 21.9. The number of carboxylic acids is 1. The summed E-state index contributed by atoms with van der Waals surface area (Å²) in [7, 11) is -3.53. The van der Waals surface area contributed by atoms with Gasteiger partial charge in [0.05, 0.1) is 18.0 Å². The Morgan fingerprint density at radius 1 is 1.33 bits per heavy atom. The van der Waals surface area contributed by atoms with E-state index in [1.807, 2.05) is 0 Å². The summed E-state index contributed by atoms with van der Waals surface area (Å²) in [6.45, 7) is -0.0569. The Kier molecular flexibility index (Phi) is 6.87. The lowest BCUT2D eigenvalue weighted by atomic mass is 9.99. The molecule has 1 aliphatic heterocycles. The van der Waals surface area contributed by atoms with Gasteiger partial charge in [0, 0.05) is 24.2 Å². The molecule has 0 saturated heterocycles. The smallest absolute Gasteiger partial charge is 0.341 e. The number of carbonyl (C=O) groups is 1. The standard InChI is InChI=1S/C20H23ClN2O6S/c1-30(27,28)23-11-16(22-10-19(24)13-3-2-4-15(21)7-13)8-14-9-17(5-6-18(14)23)29-12-20(25)26/h2-7,9,16,19,22,24H,8,10-12H2,1H3,(H,25,26)/t16?,19-/m0/s1. The number of aliphatic carboxylic acids is 1. The van der Waals surface area contributed by atoms with Crippen LogP contribution in [0.5, 0.6) is 5.75 Å². The van der Waals surface area contributed by atoms with Gasteiger partial charge < -0.3 is 20.3 Å². The molecule has 30 heavy (non-hydrogen) atoms. The van der Waals surface area contributed by atoms with Crippen LogP contribution in [0.15, 0.2) is 42.5 Å². The SMILES string of the molecule is CS(=O)(=O)N1CC(NC[C@H](O)c2cccc(Cl)c2)Cc2cc(OCC(=O)O)ccc21. The Hall–Kier alpha value is -2.33. The van der Waals surface area contributed by atoms with E-state index in [9.17, 15) is 18.3 Å². The maximum Gasteiger partial charge on any atom is 0.341 e. The molecule has 0 spiro atoms. The van der Waals surface area contributed by atoms with Gasteiger partial charge in [-0.1, -0.05) is 23.7 Å². The highest BCUT2D eigenvalue weighted by Gasteiger charge is 2.30. The minimum atomic E-state index is -3.53. The quantitative estimate of drug-likeness (QED) is 0.557. The number of aliphatic hydroxyl groups is 1. The van der Waals surface area contributed by atoms with Crippen LogP contribution in [0.4, 0.5) is 5.69 Å². The molecular weight excluding hydrogens is 432 g/mol. The lowest BCUT2D eigenvalue weighted by Crippen LogP contribution is -2.49. The Labute approximate surface area is 180 Å². The summed E-state index contributed by atoms with van der Waals surface area (Å²) in [5.41, 5.74) is 1.91. The number of hydrogen-bond acceptors (Lipinski definition) is 6. The van der Waals surface area contributed by atoms with Crippen molar-refractivity contribution in [1.82, 2.24) is 5.32 Å². The highest BCUT2D eigenvalue weighted by Crippen LogP contribution is 2.32. The predicted molar refractivity (Wildman–Crippen MR) is 114 cm³/mol. The van der Waals surface area contributed by atoms with Crippen molar-refractivity contribution in [3.8, 4) is 5.75 Å². The van der Waals surface area contributed by atoms with Crippen molar-refractivity contribution in [3.63, 3.8) is 0 Å². The van der Waals surface area contributed by atoms with Crippen LogP contribution in [0.3, 0.4) is 0 Å². The van der Waals surface area contributed by atoms with Crippen LogP contribution in [0.25, 0.3) is 0 Å². The van der Waals surface area contributed by atoms with E-state index in [1.54, 1.807) is 42.5 Å². The van der Waals surface area contributed by atoms with E-state index in [4.69, 9.17) is 21.4 Å². The number of hydrogen-bond donors (Lipinski definition) is 3. The number of rotatable bonds is 8. The monoisotopic (exact) mass is 454 g/mol. The first-order valence-corrected chi connectivity index (χ1v) is 11.5. The number of fused-ring (bicyclic) bond motifs is 1. The third-order valence-corrected chi connectivity index (χ3v) is 6.15. The molecule has 1 aliphatic rings. The Balaban J connectivity index is 1.76. The molecule has 10 heteroatoms. The molecule has 3 N–H and O–H groups in total. The van der Waals surface area contributed by atoms with Gasteiger partial charge in [-0.25, -0.2) is 13.2 Å². The number of aliphatic hydroxyl groups excluding tert-OH is 1. The molecule has 0 saturated carbocycles. The van der Waals surface area contributed by atoms with Crippen molar-refractivity contribution in [1.29, 1.82) is 0 Å². The topological polar surface area (TPSA) is 116 Å². The number of sulfonamides is 1. The van der Waals surface area contributed by atoms with Gasteiger partial charge in [0.15, 0.2) is 6.61 Å². The van der Waals surface area contributed by atoms with Crippen molar-refractivity contribution in [2.75, 3.05) is 30.3 Å². The average Bonchev–Trinajstić information content (AvgIpc) is 2.68. The zero-order valence-corrected chi connectivity index (χ0v) is 17.9. The van der Waals surface area contributed by atoms with Gasteiger partial charge in [0.2, 0.25) is 10.0 Å². The van der Waals surface area contributed by atoms with Gasteiger partial charge in [0.1, 0.15) is 5.75 Å². The summed E-state index contributed by atoms with van der Waals surface area (Å²) >= 11 is 5.97. The third-order valence-electron chi connectivity index (χ3n) is 4.77. The van der Waals surface area contributed by atoms with Gasteiger partial charge in [0.25, 0.3) is 0 Å². The second-order valence-corrected chi connectivity index (χ2v) is 9.49. The zero-order valence-electron chi connectivity index (χ0n) is 16.3. The average molecular weight is 455 g/mol. The van der Waals surface area contributed by atoms with E-state index in [2.05, 4.69) is 5.32 Å². The van der Waals surface area contributed by atoms with E-state index in [0.717, 1.165) is 6.26 Å². The highest BCUT2D eigenvalue weighted by atomic mass is 35.5. The van der Waals surface area contributed by atoms with E-state index >= 15 is 0 Å². The molecule has 1 unspecified atom stereocenters. The van der Waals surface area contributed by atoms with Crippen molar-refractivity contribution in [3.05, 3.63) is 58.6 Å². The molecule has 2 aromatic rings. The molecule has 0 amide bonds. The Morgan fingerprint density at radius 3 is 2.77 bits per heavy atom. The maximum atomic E-state index is 12.3.